The van der Waals surface area contributed by atoms with E-state index in [1.165, 1.54) is 68.0 Å². The Kier molecular flexibility index (Phi) is 4.73. The molecule has 0 radical (unpaired) electrons. The summed E-state index contributed by atoms with van der Waals surface area (Å²) in [6.45, 7) is 13.5. The Morgan fingerprint density at radius 1 is 0.593 bits per heavy atom. The van der Waals surface area contributed by atoms with E-state index in [-0.39, 0.29) is 7.92 Å². The van der Waals surface area contributed by atoms with Gasteiger partial charge in [-0.1, -0.05) is 61.5 Å². The van der Waals surface area contributed by atoms with Crippen LogP contribution < -0.4 is 5.30 Å². The molecule has 0 nitrogen and oxygen atoms in total. The van der Waals surface area contributed by atoms with Gasteiger partial charge in [0.1, 0.15) is 0 Å². The van der Waals surface area contributed by atoms with Crippen LogP contribution in [0.25, 0.3) is 22.3 Å². The maximum Gasteiger partial charge on any atom is -0.00835 e. The maximum atomic E-state index is 2.36. The standard InChI is InChI=1S/C26H29P/c1-16-12-18(3)24(19(4)13-16)22-8-7-9-23(26(22)27-10-11-27)25-20(5)14-17(2)15-21(25)6/h7-9,12-15H,10-11H2,1-6H3. The second-order valence-electron chi connectivity index (χ2n) is 8.24. The zero-order valence-corrected chi connectivity index (χ0v) is 18.3. The molecule has 0 saturated carbocycles. The monoisotopic (exact) mass is 372 g/mol. The Bertz CT molecular complexity index is 916. The van der Waals surface area contributed by atoms with Gasteiger partial charge in [0.05, 0.1) is 0 Å². The van der Waals surface area contributed by atoms with Crippen molar-refractivity contribution in [2.24, 2.45) is 0 Å². The Labute approximate surface area is 165 Å². The zero-order valence-electron chi connectivity index (χ0n) is 17.4. The van der Waals surface area contributed by atoms with Crippen molar-refractivity contribution in [3.8, 4) is 22.3 Å². The first-order valence-corrected chi connectivity index (χ1v) is 11.6. The molecule has 3 aromatic carbocycles. The molecule has 27 heavy (non-hydrogen) atoms. The lowest BCUT2D eigenvalue weighted by Crippen LogP contribution is -2.09. The number of benzene rings is 3. The van der Waals surface area contributed by atoms with Crippen LogP contribution in [0.2, 0.25) is 0 Å². The summed E-state index contributed by atoms with van der Waals surface area (Å²) in [5.41, 5.74) is 14.2. The van der Waals surface area contributed by atoms with E-state index in [0.29, 0.717) is 0 Å². The van der Waals surface area contributed by atoms with Gasteiger partial charge in [-0.2, -0.15) is 0 Å². The van der Waals surface area contributed by atoms with Crippen LogP contribution in [-0.4, -0.2) is 12.3 Å². The minimum atomic E-state index is 0.000725. The summed E-state index contributed by atoms with van der Waals surface area (Å²) >= 11 is 0. The minimum Gasteiger partial charge on any atom is -0.0732 e. The summed E-state index contributed by atoms with van der Waals surface area (Å²) in [5.74, 6) is 0. The van der Waals surface area contributed by atoms with Crippen LogP contribution in [-0.2, 0) is 0 Å². The molecule has 0 amide bonds. The van der Waals surface area contributed by atoms with Gasteiger partial charge in [0, 0.05) is 0 Å². The Balaban J connectivity index is 2.02. The van der Waals surface area contributed by atoms with Crippen molar-refractivity contribution in [3.05, 3.63) is 75.8 Å². The molecule has 0 N–H and O–H groups in total. The van der Waals surface area contributed by atoms with Gasteiger partial charge >= 0.3 is 0 Å². The molecular weight excluding hydrogens is 343 g/mol. The predicted molar refractivity (Wildman–Crippen MR) is 122 cm³/mol. The van der Waals surface area contributed by atoms with Gasteiger partial charge in [-0.25, -0.2) is 0 Å². The van der Waals surface area contributed by atoms with Crippen LogP contribution in [0.5, 0.6) is 0 Å². The third-order valence-corrected chi connectivity index (χ3v) is 7.70. The number of rotatable bonds is 3. The first kappa shape index (κ1) is 18.5. The average molecular weight is 372 g/mol. The van der Waals surface area contributed by atoms with Crippen LogP contribution in [0.15, 0.2) is 42.5 Å². The highest BCUT2D eigenvalue weighted by atomic mass is 31.1. The van der Waals surface area contributed by atoms with Gasteiger partial charge in [-0.05, 0) is 104 Å². The van der Waals surface area contributed by atoms with E-state index in [1.54, 1.807) is 5.30 Å². The number of hydrogen-bond acceptors (Lipinski definition) is 0. The number of hydrogen-bond donors (Lipinski definition) is 0. The van der Waals surface area contributed by atoms with Crippen molar-refractivity contribution in [1.82, 2.24) is 0 Å². The lowest BCUT2D eigenvalue weighted by molar-refractivity contribution is 1.32. The van der Waals surface area contributed by atoms with Crippen molar-refractivity contribution < 1.29 is 0 Å². The van der Waals surface area contributed by atoms with Gasteiger partial charge in [-0.3, -0.25) is 0 Å². The maximum absolute atomic E-state index is 2.36. The fourth-order valence-electron chi connectivity index (χ4n) is 4.77. The van der Waals surface area contributed by atoms with Crippen LogP contribution in [0.3, 0.4) is 0 Å². The summed E-state index contributed by atoms with van der Waals surface area (Å²) in [5, 5.41) is 1.64. The molecule has 4 rings (SSSR count). The fourth-order valence-corrected chi connectivity index (χ4v) is 6.67. The first-order valence-electron chi connectivity index (χ1n) is 9.91. The molecule has 0 bridgehead atoms. The third-order valence-electron chi connectivity index (χ3n) is 5.69. The minimum absolute atomic E-state index is 0.000725. The summed E-state index contributed by atoms with van der Waals surface area (Å²) in [6.07, 6.45) is 2.76. The summed E-state index contributed by atoms with van der Waals surface area (Å²) in [4.78, 5) is 0. The fraction of sp³-hybridized carbons (Fsp3) is 0.308. The SMILES string of the molecule is Cc1cc(C)c(-c2cccc(-c3c(C)cc(C)cc3C)c2P2CC2)c(C)c1. The third kappa shape index (κ3) is 3.37. The second kappa shape index (κ2) is 6.92. The highest BCUT2D eigenvalue weighted by Gasteiger charge is 2.30. The van der Waals surface area contributed by atoms with Crippen LogP contribution in [0.4, 0.5) is 0 Å². The highest BCUT2D eigenvalue weighted by Crippen LogP contribution is 2.54. The Morgan fingerprint density at radius 3 is 1.30 bits per heavy atom. The largest absolute Gasteiger partial charge is 0.0732 e. The quantitative estimate of drug-likeness (QED) is 0.435. The first-order chi connectivity index (χ1) is 12.9. The van der Waals surface area contributed by atoms with Crippen LogP contribution >= 0.6 is 7.92 Å². The molecule has 1 heterocycles. The lowest BCUT2D eigenvalue weighted by atomic mass is 9.89. The smallest absolute Gasteiger partial charge is 0.00835 e. The van der Waals surface area contributed by atoms with Crippen molar-refractivity contribution >= 4 is 13.2 Å². The van der Waals surface area contributed by atoms with E-state index < -0.39 is 0 Å². The molecule has 1 aliphatic rings. The molecule has 0 aromatic heterocycles. The van der Waals surface area contributed by atoms with Crippen LogP contribution in [0.1, 0.15) is 33.4 Å². The zero-order chi connectivity index (χ0) is 19.3. The van der Waals surface area contributed by atoms with E-state index in [4.69, 9.17) is 0 Å². The van der Waals surface area contributed by atoms with Crippen molar-refractivity contribution in [3.63, 3.8) is 0 Å². The average Bonchev–Trinajstić information content (AvgIpc) is 3.38. The number of aryl methyl sites for hydroxylation is 6. The van der Waals surface area contributed by atoms with Gasteiger partial charge in [0.25, 0.3) is 0 Å². The molecule has 0 spiro atoms. The predicted octanol–water partition coefficient (Wildman–Crippen LogP) is 6.99. The second-order valence-corrected chi connectivity index (χ2v) is 10.7. The van der Waals surface area contributed by atoms with E-state index in [0.717, 1.165) is 0 Å². The molecule has 1 aliphatic heterocycles. The Hall–Kier alpha value is -1.91. The molecule has 1 fully saturated rings. The molecule has 0 aliphatic carbocycles. The van der Waals surface area contributed by atoms with Gasteiger partial charge in [0.2, 0.25) is 0 Å². The molecule has 0 unspecified atom stereocenters. The highest BCUT2D eigenvalue weighted by molar-refractivity contribution is 7.73. The van der Waals surface area contributed by atoms with E-state index >= 15 is 0 Å². The molecule has 3 aromatic rings. The molecule has 1 saturated heterocycles. The topological polar surface area (TPSA) is 0 Å². The van der Waals surface area contributed by atoms with E-state index in [2.05, 4.69) is 84.0 Å². The van der Waals surface area contributed by atoms with E-state index in [1.807, 2.05) is 0 Å². The summed E-state index contributed by atoms with van der Waals surface area (Å²) in [6, 6.07) is 16.3. The Morgan fingerprint density at radius 2 is 0.963 bits per heavy atom. The molecule has 0 atom stereocenters. The van der Waals surface area contributed by atoms with E-state index in [9.17, 15) is 0 Å². The van der Waals surface area contributed by atoms with Gasteiger partial charge < -0.3 is 0 Å². The molecule has 138 valence electrons. The van der Waals surface area contributed by atoms with Crippen molar-refractivity contribution in [1.29, 1.82) is 0 Å². The van der Waals surface area contributed by atoms with Crippen molar-refractivity contribution in [2.45, 2.75) is 41.5 Å². The summed E-state index contributed by atoms with van der Waals surface area (Å²) in [7, 11) is 0.000725. The van der Waals surface area contributed by atoms with Crippen LogP contribution in [0, 0.1) is 41.5 Å². The lowest BCUT2D eigenvalue weighted by Gasteiger charge is -2.21. The summed E-state index contributed by atoms with van der Waals surface area (Å²) < 4.78 is 0. The normalized spacial score (nSPS) is 13.9. The van der Waals surface area contributed by atoms with Gasteiger partial charge in [0.15, 0.2) is 0 Å². The molecule has 1 heteroatoms. The van der Waals surface area contributed by atoms with Crippen molar-refractivity contribution in [2.75, 3.05) is 12.3 Å². The molecular formula is C26H29P. The van der Waals surface area contributed by atoms with Gasteiger partial charge in [-0.15, -0.1) is 0 Å².